The van der Waals surface area contributed by atoms with E-state index < -0.39 is 0 Å². The molecule has 2 fully saturated rings. The van der Waals surface area contributed by atoms with Crippen LogP contribution in [-0.4, -0.2) is 29.5 Å². The lowest BCUT2D eigenvalue weighted by atomic mass is 9.99. The van der Waals surface area contributed by atoms with E-state index in [0.717, 1.165) is 44.7 Å². The van der Waals surface area contributed by atoms with Crippen LogP contribution in [0.15, 0.2) is 6.20 Å². The van der Waals surface area contributed by atoms with Crippen LogP contribution in [0.4, 0.5) is 0 Å². The molecule has 0 spiro atoms. The van der Waals surface area contributed by atoms with Gasteiger partial charge in [-0.25, -0.2) is 0 Å². The Balaban J connectivity index is 0.00000121. The molecule has 1 atom stereocenters. The number of aromatic nitrogens is 2. The van der Waals surface area contributed by atoms with Crippen LogP contribution >= 0.6 is 12.4 Å². The maximum Gasteiger partial charge on any atom is 0.0736 e. The molecular weight excluding hydrogens is 274 g/mol. The topological polar surface area (TPSA) is 39.1 Å². The van der Waals surface area contributed by atoms with Crippen molar-refractivity contribution >= 4 is 12.4 Å². The highest BCUT2D eigenvalue weighted by Crippen LogP contribution is 2.32. The highest BCUT2D eigenvalue weighted by molar-refractivity contribution is 5.85. The fourth-order valence-electron chi connectivity index (χ4n) is 2.89. The van der Waals surface area contributed by atoms with Crippen LogP contribution in [-0.2, 0) is 17.8 Å². The van der Waals surface area contributed by atoms with E-state index in [0.29, 0.717) is 5.92 Å². The third-order valence-corrected chi connectivity index (χ3v) is 4.47. The first-order chi connectivity index (χ1) is 9.38. The van der Waals surface area contributed by atoms with Crippen LogP contribution < -0.4 is 5.32 Å². The van der Waals surface area contributed by atoms with Crippen molar-refractivity contribution in [3.8, 4) is 0 Å². The van der Waals surface area contributed by atoms with Crippen molar-refractivity contribution in [3.63, 3.8) is 0 Å². The Hall–Kier alpha value is -0.580. The van der Waals surface area contributed by atoms with Crippen LogP contribution in [0.5, 0.6) is 0 Å². The van der Waals surface area contributed by atoms with Gasteiger partial charge in [0.1, 0.15) is 0 Å². The Morgan fingerprint density at radius 3 is 2.75 bits per heavy atom. The zero-order valence-corrected chi connectivity index (χ0v) is 12.7. The first-order valence-corrected chi connectivity index (χ1v) is 7.73. The molecule has 2 saturated carbocycles. The Morgan fingerprint density at radius 2 is 2.00 bits per heavy atom. The minimum Gasteiger partial charge on any atom is -0.380 e. The summed E-state index contributed by atoms with van der Waals surface area (Å²) in [5.41, 5.74) is 2.67. The molecule has 0 aromatic carbocycles. The molecule has 2 heterocycles. The van der Waals surface area contributed by atoms with Gasteiger partial charge in [-0.2, -0.15) is 5.10 Å². The molecule has 5 heteroatoms. The Morgan fingerprint density at radius 1 is 1.20 bits per heavy atom. The van der Waals surface area contributed by atoms with Crippen molar-refractivity contribution in [2.24, 2.45) is 11.8 Å². The second-order valence-electron chi connectivity index (χ2n) is 6.51. The summed E-state index contributed by atoms with van der Waals surface area (Å²) < 4.78 is 8.04. The average Bonchev–Trinajstić information content (AvgIpc) is 3.30. The summed E-state index contributed by atoms with van der Waals surface area (Å²) in [6.07, 6.45) is 7.75. The molecule has 1 N–H and O–H groups in total. The molecule has 0 amide bonds. The summed E-state index contributed by atoms with van der Waals surface area (Å²) in [6, 6.07) is 0. The Bertz CT molecular complexity index is 454. The summed E-state index contributed by atoms with van der Waals surface area (Å²) in [7, 11) is 0. The second-order valence-corrected chi connectivity index (χ2v) is 6.51. The molecule has 1 aliphatic heterocycles. The van der Waals surface area contributed by atoms with E-state index in [-0.39, 0.29) is 12.4 Å². The van der Waals surface area contributed by atoms with Crippen molar-refractivity contribution < 1.29 is 4.74 Å². The maximum absolute atomic E-state index is 5.87. The standard InChI is InChI=1S/C15H23N3O.ClH/c1-2-11(1)7-18-8-13-5-16-6-14(15(13)17-18)10-19-9-12-3-4-12;/h8,11-12,14,16H,1-7,9-10H2;1H. The van der Waals surface area contributed by atoms with E-state index in [1.54, 1.807) is 0 Å². The molecule has 1 aromatic heterocycles. The summed E-state index contributed by atoms with van der Waals surface area (Å²) in [6.45, 7) is 4.88. The summed E-state index contributed by atoms with van der Waals surface area (Å²) in [5, 5.41) is 8.32. The zero-order valence-electron chi connectivity index (χ0n) is 11.9. The summed E-state index contributed by atoms with van der Waals surface area (Å²) in [4.78, 5) is 0. The van der Waals surface area contributed by atoms with Crippen molar-refractivity contribution in [2.75, 3.05) is 19.8 Å². The number of nitrogens with one attached hydrogen (secondary N) is 1. The molecule has 0 bridgehead atoms. The molecule has 4 nitrogen and oxygen atoms in total. The molecule has 0 radical (unpaired) electrons. The molecular formula is C15H24ClN3O. The number of fused-ring (bicyclic) bond motifs is 1. The van der Waals surface area contributed by atoms with Crippen LogP contribution in [0.2, 0.25) is 0 Å². The largest absolute Gasteiger partial charge is 0.380 e. The van der Waals surface area contributed by atoms with Gasteiger partial charge in [-0.05, 0) is 37.5 Å². The van der Waals surface area contributed by atoms with Crippen LogP contribution in [0, 0.1) is 11.8 Å². The zero-order chi connectivity index (χ0) is 12.7. The second kappa shape index (κ2) is 6.04. The number of rotatable bonds is 6. The number of hydrogen-bond donors (Lipinski definition) is 1. The van der Waals surface area contributed by atoms with Gasteiger partial charge in [-0.3, -0.25) is 4.68 Å². The van der Waals surface area contributed by atoms with Gasteiger partial charge < -0.3 is 10.1 Å². The van der Waals surface area contributed by atoms with E-state index in [1.165, 1.54) is 36.9 Å². The lowest BCUT2D eigenvalue weighted by Crippen LogP contribution is -2.30. The van der Waals surface area contributed by atoms with Gasteiger partial charge in [0.25, 0.3) is 0 Å². The number of hydrogen-bond acceptors (Lipinski definition) is 3. The molecule has 112 valence electrons. The van der Waals surface area contributed by atoms with Crippen molar-refractivity contribution in [3.05, 3.63) is 17.5 Å². The molecule has 1 unspecified atom stereocenters. The fourth-order valence-corrected chi connectivity index (χ4v) is 2.89. The average molecular weight is 298 g/mol. The highest BCUT2D eigenvalue weighted by Gasteiger charge is 2.28. The molecule has 1 aromatic rings. The SMILES string of the molecule is Cl.c1c2c(nn1CC1CC1)C(COCC1CC1)CNC2. The van der Waals surface area contributed by atoms with E-state index in [1.807, 2.05) is 0 Å². The van der Waals surface area contributed by atoms with Crippen LogP contribution in [0.1, 0.15) is 42.9 Å². The van der Waals surface area contributed by atoms with E-state index in [4.69, 9.17) is 9.84 Å². The van der Waals surface area contributed by atoms with Gasteiger partial charge in [0, 0.05) is 43.9 Å². The predicted molar refractivity (Wildman–Crippen MR) is 80.2 cm³/mol. The van der Waals surface area contributed by atoms with E-state index >= 15 is 0 Å². The quantitative estimate of drug-likeness (QED) is 0.876. The fraction of sp³-hybridized carbons (Fsp3) is 0.800. The first-order valence-electron chi connectivity index (χ1n) is 7.73. The minimum atomic E-state index is 0. The van der Waals surface area contributed by atoms with E-state index in [2.05, 4.69) is 16.2 Å². The van der Waals surface area contributed by atoms with Crippen molar-refractivity contribution in [1.82, 2.24) is 15.1 Å². The number of nitrogens with zero attached hydrogens (tertiary/aromatic N) is 2. The minimum absolute atomic E-state index is 0. The third kappa shape index (κ3) is 3.35. The van der Waals surface area contributed by atoms with Gasteiger partial charge in [0.2, 0.25) is 0 Å². The lowest BCUT2D eigenvalue weighted by molar-refractivity contribution is 0.107. The van der Waals surface area contributed by atoms with Gasteiger partial charge in [0.15, 0.2) is 0 Å². The van der Waals surface area contributed by atoms with Gasteiger partial charge in [-0.1, -0.05) is 0 Å². The maximum atomic E-state index is 5.87. The van der Waals surface area contributed by atoms with Crippen molar-refractivity contribution in [2.45, 2.75) is 44.7 Å². The Kier molecular flexibility index (Phi) is 4.34. The van der Waals surface area contributed by atoms with E-state index in [9.17, 15) is 0 Å². The molecule has 20 heavy (non-hydrogen) atoms. The van der Waals surface area contributed by atoms with Gasteiger partial charge in [-0.15, -0.1) is 12.4 Å². The monoisotopic (exact) mass is 297 g/mol. The molecule has 0 saturated heterocycles. The van der Waals surface area contributed by atoms with Gasteiger partial charge in [0.05, 0.1) is 12.3 Å². The van der Waals surface area contributed by atoms with Gasteiger partial charge >= 0.3 is 0 Å². The molecule has 4 rings (SSSR count). The Labute approximate surface area is 126 Å². The highest BCUT2D eigenvalue weighted by atomic mass is 35.5. The summed E-state index contributed by atoms with van der Waals surface area (Å²) >= 11 is 0. The predicted octanol–water partition coefficient (Wildman–Crippen LogP) is 2.33. The van der Waals surface area contributed by atoms with Crippen molar-refractivity contribution in [1.29, 1.82) is 0 Å². The lowest BCUT2D eigenvalue weighted by Gasteiger charge is -2.21. The smallest absolute Gasteiger partial charge is 0.0736 e. The third-order valence-electron chi connectivity index (χ3n) is 4.47. The normalized spacial score (nSPS) is 25.1. The summed E-state index contributed by atoms with van der Waals surface area (Å²) in [5.74, 6) is 2.19. The molecule has 3 aliphatic rings. The number of ether oxygens (including phenoxy) is 1. The van der Waals surface area contributed by atoms with Crippen LogP contribution in [0.3, 0.4) is 0 Å². The molecule has 2 aliphatic carbocycles. The first kappa shape index (κ1) is 14.4. The number of halogens is 1. The van der Waals surface area contributed by atoms with Crippen LogP contribution in [0.25, 0.3) is 0 Å².